The van der Waals surface area contributed by atoms with Crippen molar-refractivity contribution in [2.45, 2.75) is 20.1 Å². The fourth-order valence-electron chi connectivity index (χ4n) is 2.31. The van der Waals surface area contributed by atoms with Crippen LogP contribution in [0.1, 0.15) is 17.1 Å². The third-order valence-electron chi connectivity index (χ3n) is 3.41. The Kier molecular flexibility index (Phi) is 3.44. The normalized spacial score (nSPS) is 10.9. The van der Waals surface area contributed by atoms with Crippen molar-refractivity contribution in [3.8, 4) is 5.75 Å². The Hall–Kier alpha value is -2.26. The molecule has 3 heteroatoms. The van der Waals surface area contributed by atoms with Crippen molar-refractivity contribution < 1.29 is 9.15 Å². The molecular formula is C17H17NO2. The lowest BCUT2D eigenvalue weighted by molar-refractivity contribution is 0.306. The van der Waals surface area contributed by atoms with Crippen molar-refractivity contribution in [3.63, 3.8) is 0 Å². The molecule has 0 saturated heterocycles. The van der Waals surface area contributed by atoms with Gasteiger partial charge in [0, 0.05) is 10.9 Å². The first-order chi connectivity index (χ1) is 9.78. The number of hydrogen-bond donors (Lipinski definition) is 1. The van der Waals surface area contributed by atoms with Crippen molar-refractivity contribution in [1.82, 2.24) is 0 Å². The second kappa shape index (κ2) is 5.39. The van der Waals surface area contributed by atoms with Gasteiger partial charge in [-0.1, -0.05) is 36.4 Å². The maximum atomic E-state index is 5.94. The molecule has 102 valence electrons. The molecule has 0 aliphatic rings. The van der Waals surface area contributed by atoms with E-state index >= 15 is 0 Å². The highest BCUT2D eigenvalue weighted by Gasteiger charge is 2.08. The van der Waals surface area contributed by atoms with Crippen LogP contribution in [-0.4, -0.2) is 0 Å². The van der Waals surface area contributed by atoms with Crippen LogP contribution in [0.25, 0.3) is 10.8 Å². The molecule has 2 N–H and O–H groups in total. The van der Waals surface area contributed by atoms with Gasteiger partial charge in [-0.25, -0.2) is 0 Å². The molecule has 3 nitrogen and oxygen atoms in total. The molecule has 0 bridgehead atoms. The van der Waals surface area contributed by atoms with Crippen molar-refractivity contribution >= 4 is 10.8 Å². The Labute approximate surface area is 118 Å². The van der Waals surface area contributed by atoms with E-state index in [1.807, 2.05) is 37.3 Å². The largest absolute Gasteiger partial charge is 0.488 e. The van der Waals surface area contributed by atoms with E-state index < -0.39 is 0 Å². The van der Waals surface area contributed by atoms with E-state index in [4.69, 9.17) is 14.9 Å². The topological polar surface area (TPSA) is 48.4 Å². The predicted molar refractivity (Wildman–Crippen MR) is 79.6 cm³/mol. The van der Waals surface area contributed by atoms with Crippen LogP contribution in [0.15, 0.2) is 52.9 Å². The van der Waals surface area contributed by atoms with Crippen molar-refractivity contribution in [1.29, 1.82) is 0 Å². The Morgan fingerprint density at radius 2 is 1.90 bits per heavy atom. The molecule has 2 aromatic carbocycles. The van der Waals surface area contributed by atoms with Gasteiger partial charge in [-0.2, -0.15) is 0 Å². The lowest BCUT2D eigenvalue weighted by Crippen LogP contribution is -1.96. The van der Waals surface area contributed by atoms with E-state index in [-0.39, 0.29) is 0 Å². The van der Waals surface area contributed by atoms with E-state index in [9.17, 15) is 0 Å². The van der Waals surface area contributed by atoms with E-state index in [0.29, 0.717) is 13.2 Å². The second-order valence-corrected chi connectivity index (χ2v) is 4.76. The van der Waals surface area contributed by atoms with Gasteiger partial charge in [0.1, 0.15) is 23.9 Å². The Morgan fingerprint density at radius 3 is 2.70 bits per heavy atom. The van der Waals surface area contributed by atoms with Crippen LogP contribution in [0.4, 0.5) is 0 Å². The number of rotatable bonds is 4. The standard InChI is InChI=1S/C17H17NO2/c1-12-14(9-15(10-18)20-12)11-19-17-8-4-6-13-5-2-3-7-16(13)17/h2-9H,10-11,18H2,1H3. The summed E-state index contributed by atoms with van der Waals surface area (Å²) in [5.41, 5.74) is 6.62. The van der Waals surface area contributed by atoms with Crippen LogP contribution in [0.3, 0.4) is 0 Å². The summed E-state index contributed by atoms with van der Waals surface area (Å²) >= 11 is 0. The quantitative estimate of drug-likeness (QED) is 0.782. The number of hydrogen-bond acceptors (Lipinski definition) is 3. The predicted octanol–water partition coefficient (Wildman–Crippen LogP) is 3.78. The number of aryl methyl sites for hydroxylation is 1. The first-order valence-corrected chi connectivity index (χ1v) is 6.67. The van der Waals surface area contributed by atoms with E-state index in [2.05, 4.69) is 18.2 Å². The molecule has 0 fully saturated rings. The maximum absolute atomic E-state index is 5.94. The monoisotopic (exact) mass is 267 g/mol. The summed E-state index contributed by atoms with van der Waals surface area (Å²) in [6, 6.07) is 16.2. The molecule has 0 saturated carbocycles. The Balaban J connectivity index is 1.85. The first-order valence-electron chi connectivity index (χ1n) is 6.67. The summed E-state index contributed by atoms with van der Waals surface area (Å²) in [7, 11) is 0. The zero-order valence-electron chi connectivity index (χ0n) is 11.4. The van der Waals surface area contributed by atoms with Gasteiger partial charge in [-0.05, 0) is 24.4 Å². The number of ether oxygens (including phenoxy) is 1. The lowest BCUT2D eigenvalue weighted by Gasteiger charge is -2.08. The molecular weight excluding hydrogens is 250 g/mol. The third kappa shape index (κ3) is 2.40. The highest BCUT2D eigenvalue weighted by molar-refractivity contribution is 5.88. The molecule has 0 amide bonds. The molecule has 20 heavy (non-hydrogen) atoms. The van der Waals surface area contributed by atoms with Gasteiger partial charge in [0.05, 0.1) is 6.54 Å². The zero-order chi connectivity index (χ0) is 13.9. The molecule has 1 aromatic heterocycles. The summed E-state index contributed by atoms with van der Waals surface area (Å²) in [6.07, 6.45) is 0. The average Bonchev–Trinajstić information content (AvgIpc) is 2.85. The fourth-order valence-corrected chi connectivity index (χ4v) is 2.31. The van der Waals surface area contributed by atoms with Gasteiger partial charge in [0.15, 0.2) is 0 Å². The molecule has 3 aromatic rings. The van der Waals surface area contributed by atoms with Crippen LogP contribution in [0.5, 0.6) is 5.75 Å². The minimum atomic E-state index is 0.412. The summed E-state index contributed by atoms with van der Waals surface area (Å²) in [4.78, 5) is 0. The fraction of sp³-hybridized carbons (Fsp3) is 0.176. The van der Waals surface area contributed by atoms with Crippen molar-refractivity contribution in [2.24, 2.45) is 5.73 Å². The first kappa shape index (κ1) is 12.8. The molecule has 0 aliphatic carbocycles. The van der Waals surface area contributed by atoms with Gasteiger partial charge in [0.2, 0.25) is 0 Å². The minimum absolute atomic E-state index is 0.412. The van der Waals surface area contributed by atoms with Crippen molar-refractivity contribution in [3.05, 3.63) is 65.6 Å². The van der Waals surface area contributed by atoms with Crippen LogP contribution >= 0.6 is 0 Å². The summed E-state index contributed by atoms with van der Waals surface area (Å²) < 4.78 is 11.5. The Bertz CT molecular complexity index is 725. The zero-order valence-corrected chi connectivity index (χ0v) is 11.4. The average molecular weight is 267 g/mol. The van der Waals surface area contributed by atoms with Crippen LogP contribution in [-0.2, 0) is 13.2 Å². The van der Waals surface area contributed by atoms with E-state index in [0.717, 1.165) is 28.2 Å². The van der Waals surface area contributed by atoms with E-state index in [1.54, 1.807) is 0 Å². The van der Waals surface area contributed by atoms with Crippen LogP contribution < -0.4 is 10.5 Å². The highest BCUT2D eigenvalue weighted by Crippen LogP contribution is 2.26. The van der Waals surface area contributed by atoms with Crippen LogP contribution in [0.2, 0.25) is 0 Å². The van der Waals surface area contributed by atoms with Gasteiger partial charge >= 0.3 is 0 Å². The lowest BCUT2D eigenvalue weighted by atomic mass is 10.1. The summed E-state index contributed by atoms with van der Waals surface area (Å²) in [5, 5.41) is 2.30. The van der Waals surface area contributed by atoms with Gasteiger partial charge in [-0.3, -0.25) is 0 Å². The second-order valence-electron chi connectivity index (χ2n) is 4.76. The summed E-state index contributed by atoms with van der Waals surface area (Å²) in [6.45, 7) is 2.83. The molecule has 0 atom stereocenters. The molecule has 0 radical (unpaired) electrons. The van der Waals surface area contributed by atoms with E-state index in [1.165, 1.54) is 5.39 Å². The number of furan rings is 1. The maximum Gasteiger partial charge on any atom is 0.127 e. The minimum Gasteiger partial charge on any atom is -0.488 e. The Morgan fingerprint density at radius 1 is 1.10 bits per heavy atom. The van der Waals surface area contributed by atoms with Gasteiger partial charge in [0.25, 0.3) is 0 Å². The molecule has 3 rings (SSSR count). The van der Waals surface area contributed by atoms with Crippen LogP contribution in [0, 0.1) is 6.92 Å². The molecule has 0 spiro atoms. The highest BCUT2D eigenvalue weighted by atomic mass is 16.5. The molecule has 0 aliphatic heterocycles. The smallest absolute Gasteiger partial charge is 0.127 e. The number of nitrogens with two attached hydrogens (primary N) is 1. The third-order valence-corrected chi connectivity index (χ3v) is 3.41. The number of benzene rings is 2. The SMILES string of the molecule is Cc1oc(CN)cc1COc1cccc2ccccc12. The molecule has 1 heterocycles. The van der Waals surface area contributed by atoms with Gasteiger partial charge < -0.3 is 14.9 Å². The number of fused-ring (bicyclic) bond motifs is 1. The van der Waals surface area contributed by atoms with Crippen molar-refractivity contribution in [2.75, 3.05) is 0 Å². The van der Waals surface area contributed by atoms with Gasteiger partial charge in [-0.15, -0.1) is 0 Å². The molecule has 0 unspecified atom stereocenters. The summed E-state index contributed by atoms with van der Waals surface area (Å²) in [5.74, 6) is 2.54.